The molecule has 0 fully saturated rings. The standard InChI is InChI=1S/C9H10F2N2O2/c1-2-15-9(14)5-3-4-6(12)13-7(5)8(10)11/h3-4,8H,2H2,1H3,(H2,12,13). The molecule has 0 spiro atoms. The number of alkyl halides is 2. The van der Waals surface area contributed by atoms with Crippen LogP contribution < -0.4 is 5.73 Å². The zero-order valence-electron chi connectivity index (χ0n) is 8.04. The molecule has 0 atom stereocenters. The highest BCUT2D eigenvalue weighted by atomic mass is 19.3. The first kappa shape index (κ1) is 11.4. The molecule has 1 rings (SSSR count). The third-order valence-corrected chi connectivity index (χ3v) is 1.65. The van der Waals surface area contributed by atoms with E-state index in [9.17, 15) is 13.6 Å². The fraction of sp³-hybridized carbons (Fsp3) is 0.333. The summed E-state index contributed by atoms with van der Waals surface area (Å²) in [4.78, 5) is 14.6. The van der Waals surface area contributed by atoms with Gasteiger partial charge >= 0.3 is 5.97 Å². The number of carbonyl (C=O) groups excluding carboxylic acids is 1. The third-order valence-electron chi connectivity index (χ3n) is 1.65. The van der Waals surface area contributed by atoms with Gasteiger partial charge in [0, 0.05) is 0 Å². The molecule has 82 valence electrons. The molecule has 15 heavy (non-hydrogen) atoms. The Morgan fingerprint density at radius 3 is 2.80 bits per heavy atom. The van der Waals surface area contributed by atoms with E-state index in [1.807, 2.05) is 0 Å². The van der Waals surface area contributed by atoms with Crippen molar-refractivity contribution in [1.29, 1.82) is 0 Å². The minimum absolute atomic E-state index is 0.0571. The Labute approximate surface area is 85.1 Å². The maximum atomic E-state index is 12.5. The van der Waals surface area contributed by atoms with Crippen LogP contribution in [0.3, 0.4) is 0 Å². The van der Waals surface area contributed by atoms with Crippen LogP contribution in [-0.2, 0) is 4.74 Å². The largest absolute Gasteiger partial charge is 0.462 e. The molecule has 0 aliphatic rings. The molecule has 2 N–H and O–H groups in total. The van der Waals surface area contributed by atoms with E-state index in [1.54, 1.807) is 6.92 Å². The zero-order chi connectivity index (χ0) is 11.4. The Hall–Kier alpha value is -1.72. The van der Waals surface area contributed by atoms with Crippen LogP contribution in [0.2, 0.25) is 0 Å². The van der Waals surface area contributed by atoms with Gasteiger partial charge in [0.2, 0.25) is 0 Å². The summed E-state index contributed by atoms with van der Waals surface area (Å²) in [6.45, 7) is 1.70. The summed E-state index contributed by atoms with van der Waals surface area (Å²) in [5.74, 6) is -0.876. The van der Waals surface area contributed by atoms with Gasteiger partial charge in [-0.25, -0.2) is 18.6 Å². The second-order valence-corrected chi connectivity index (χ2v) is 2.69. The number of nitrogens with zero attached hydrogens (tertiary/aromatic N) is 1. The fourth-order valence-electron chi connectivity index (χ4n) is 1.04. The van der Waals surface area contributed by atoms with E-state index in [1.165, 1.54) is 12.1 Å². The predicted molar refractivity (Wildman–Crippen MR) is 49.6 cm³/mol. The summed E-state index contributed by atoms with van der Waals surface area (Å²) in [7, 11) is 0. The second-order valence-electron chi connectivity index (χ2n) is 2.69. The van der Waals surface area contributed by atoms with Crippen molar-refractivity contribution in [1.82, 2.24) is 4.98 Å². The number of rotatable bonds is 3. The van der Waals surface area contributed by atoms with E-state index in [0.29, 0.717) is 0 Å². The lowest BCUT2D eigenvalue weighted by Crippen LogP contribution is -2.11. The third kappa shape index (κ3) is 2.61. The van der Waals surface area contributed by atoms with Crippen LogP contribution in [0.5, 0.6) is 0 Å². The van der Waals surface area contributed by atoms with E-state index < -0.39 is 18.1 Å². The van der Waals surface area contributed by atoms with Crippen LogP contribution in [0.1, 0.15) is 29.4 Å². The molecule has 0 unspecified atom stereocenters. The average molecular weight is 216 g/mol. The van der Waals surface area contributed by atoms with E-state index in [4.69, 9.17) is 5.73 Å². The molecule has 0 aromatic carbocycles. The van der Waals surface area contributed by atoms with Gasteiger partial charge in [0.15, 0.2) is 0 Å². The zero-order valence-corrected chi connectivity index (χ0v) is 8.04. The van der Waals surface area contributed by atoms with Crippen molar-refractivity contribution in [3.05, 3.63) is 23.4 Å². The van der Waals surface area contributed by atoms with Gasteiger partial charge in [-0.2, -0.15) is 0 Å². The molecule has 1 heterocycles. The van der Waals surface area contributed by atoms with Gasteiger partial charge in [0.1, 0.15) is 11.5 Å². The van der Waals surface area contributed by atoms with E-state index in [2.05, 4.69) is 9.72 Å². The molecule has 1 aromatic heterocycles. The number of aromatic nitrogens is 1. The van der Waals surface area contributed by atoms with Gasteiger partial charge in [-0.3, -0.25) is 0 Å². The van der Waals surface area contributed by atoms with Crippen LogP contribution in [0.15, 0.2) is 12.1 Å². The molecule has 0 radical (unpaired) electrons. The van der Waals surface area contributed by atoms with Crippen LogP contribution >= 0.6 is 0 Å². The number of nitrogens with two attached hydrogens (primary N) is 1. The molecule has 1 aromatic rings. The number of carbonyl (C=O) groups is 1. The SMILES string of the molecule is CCOC(=O)c1ccc(N)nc1C(F)F. The first-order valence-corrected chi connectivity index (χ1v) is 4.28. The topological polar surface area (TPSA) is 65.2 Å². The Balaban J connectivity index is 3.11. The van der Waals surface area contributed by atoms with Crippen LogP contribution in [-0.4, -0.2) is 17.6 Å². The Kier molecular flexibility index (Phi) is 3.54. The maximum Gasteiger partial charge on any atom is 0.340 e. The number of hydrogen-bond acceptors (Lipinski definition) is 4. The monoisotopic (exact) mass is 216 g/mol. The van der Waals surface area contributed by atoms with Crippen LogP contribution in [0, 0.1) is 0 Å². The van der Waals surface area contributed by atoms with Crippen molar-refractivity contribution >= 4 is 11.8 Å². The quantitative estimate of drug-likeness (QED) is 0.782. The van der Waals surface area contributed by atoms with Crippen molar-refractivity contribution in [2.24, 2.45) is 0 Å². The Morgan fingerprint density at radius 2 is 2.27 bits per heavy atom. The van der Waals surface area contributed by atoms with Gasteiger partial charge in [0.05, 0.1) is 12.2 Å². The second kappa shape index (κ2) is 4.68. The van der Waals surface area contributed by atoms with Gasteiger partial charge in [-0.15, -0.1) is 0 Å². The number of ether oxygens (including phenoxy) is 1. The van der Waals surface area contributed by atoms with Crippen molar-refractivity contribution in [3.8, 4) is 0 Å². The van der Waals surface area contributed by atoms with Crippen molar-refractivity contribution < 1.29 is 18.3 Å². The van der Waals surface area contributed by atoms with E-state index >= 15 is 0 Å². The average Bonchev–Trinajstić information content (AvgIpc) is 2.17. The van der Waals surface area contributed by atoms with Gasteiger partial charge in [-0.05, 0) is 19.1 Å². The van der Waals surface area contributed by atoms with Gasteiger partial charge in [0.25, 0.3) is 6.43 Å². The smallest absolute Gasteiger partial charge is 0.340 e. The molecule has 0 bridgehead atoms. The highest BCUT2D eigenvalue weighted by Gasteiger charge is 2.21. The van der Waals surface area contributed by atoms with Gasteiger partial charge < -0.3 is 10.5 Å². The van der Waals surface area contributed by atoms with Gasteiger partial charge in [-0.1, -0.05) is 0 Å². The Bertz CT molecular complexity index is 369. The minimum Gasteiger partial charge on any atom is -0.462 e. The maximum absolute atomic E-state index is 12.5. The minimum atomic E-state index is -2.85. The number of halogens is 2. The highest BCUT2D eigenvalue weighted by molar-refractivity contribution is 5.90. The first-order valence-electron chi connectivity index (χ1n) is 4.28. The predicted octanol–water partition coefficient (Wildman–Crippen LogP) is 1.78. The normalized spacial score (nSPS) is 10.4. The summed E-state index contributed by atoms with van der Waals surface area (Å²) in [5, 5.41) is 0. The summed E-state index contributed by atoms with van der Waals surface area (Å²) in [5.41, 5.74) is 4.35. The van der Waals surface area contributed by atoms with Crippen molar-refractivity contribution in [2.45, 2.75) is 13.3 Å². The van der Waals surface area contributed by atoms with Crippen molar-refractivity contribution in [3.63, 3.8) is 0 Å². The molecular weight excluding hydrogens is 206 g/mol. The molecule has 4 nitrogen and oxygen atoms in total. The number of anilines is 1. The summed E-state index contributed by atoms with van der Waals surface area (Å²) in [6, 6.07) is 2.46. The van der Waals surface area contributed by atoms with Crippen LogP contribution in [0.25, 0.3) is 0 Å². The molecule has 0 amide bonds. The van der Waals surface area contributed by atoms with E-state index in [-0.39, 0.29) is 18.0 Å². The number of esters is 1. The lowest BCUT2D eigenvalue weighted by Gasteiger charge is -2.07. The molecule has 0 saturated carbocycles. The number of pyridine rings is 1. The molecule has 6 heteroatoms. The van der Waals surface area contributed by atoms with E-state index in [0.717, 1.165) is 0 Å². The molecule has 0 saturated heterocycles. The lowest BCUT2D eigenvalue weighted by atomic mass is 10.2. The number of hydrogen-bond donors (Lipinski definition) is 1. The summed E-state index contributed by atoms with van der Waals surface area (Å²) >= 11 is 0. The van der Waals surface area contributed by atoms with Crippen molar-refractivity contribution in [2.75, 3.05) is 12.3 Å². The first-order chi connectivity index (χ1) is 7.06. The fourth-order valence-corrected chi connectivity index (χ4v) is 1.04. The molecular formula is C9H10F2N2O2. The highest BCUT2D eigenvalue weighted by Crippen LogP contribution is 2.22. The molecule has 0 aliphatic carbocycles. The summed E-state index contributed by atoms with van der Waals surface area (Å²) in [6.07, 6.45) is -2.85. The molecule has 0 aliphatic heterocycles. The summed E-state index contributed by atoms with van der Waals surface area (Å²) < 4.78 is 29.6. The number of nitrogen functional groups attached to an aromatic ring is 1. The lowest BCUT2D eigenvalue weighted by molar-refractivity contribution is 0.0513. The van der Waals surface area contributed by atoms with Crippen LogP contribution in [0.4, 0.5) is 14.6 Å². The Morgan fingerprint density at radius 1 is 1.60 bits per heavy atom.